The van der Waals surface area contributed by atoms with Crippen LogP contribution in [-0.2, 0) is 43.5 Å². The first-order valence-corrected chi connectivity index (χ1v) is 12.6. The summed E-state index contributed by atoms with van der Waals surface area (Å²) in [6.45, 7) is 1.26. The summed E-state index contributed by atoms with van der Waals surface area (Å²) in [6.07, 6.45) is 0. The third-order valence-electron chi connectivity index (χ3n) is 3.87. The van der Waals surface area contributed by atoms with E-state index in [0.717, 1.165) is 23.5 Å². The van der Waals surface area contributed by atoms with Gasteiger partial charge < -0.3 is 5.73 Å². The molecule has 2 atom stereocenters. The van der Waals surface area contributed by atoms with E-state index < -0.39 is 17.7 Å². The van der Waals surface area contributed by atoms with Crippen LogP contribution in [0.15, 0.2) is 59.5 Å². The van der Waals surface area contributed by atoms with Crippen molar-refractivity contribution < 1.29 is 17.6 Å². The molecule has 0 aromatic heterocycles. The van der Waals surface area contributed by atoms with Gasteiger partial charge >= 0.3 is 7.82 Å². The van der Waals surface area contributed by atoms with E-state index in [1.165, 1.54) is 19.1 Å². The summed E-state index contributed by atoms with van der Waals surface area (Å²) in [6, 6.07) is 18.2. The standard InChI is InChI=1S/C17H23N2O4PS2/c1-21-24(20,22-2)23-26-19(16-8-6-7-15(13-16)14-18)11-12-25(26)17-9-4-3-5-10-17/h3-10,13H,11-12,14,18H2,1-2H3. The van der Waals surface area contributed by atoms with E-state index in [-0.39, 0.29) is 9.45 Å². The van der Waals surface area contributed by atoms with E-state index >= 15 is 0 Å². The Bertz CT molecular complexity index is 840. The molecule has 0 fully saturated rings. The Kier molecular flexibility index (Phi) is 6.69. The Morgan fingerprint density at radius 1 is 1.12 bits per heavy atom. The molecule has 0 amide bonds. The monoisotopic (exact) mass is 414 g/mol. The van der Waals surface area contributed by atoms with Crippen molar-refractivity contribution >= 4 is 32.9 Å². The SMILES string of the molecule is COP(=O)(OC)OS1=S(c2ccccc2)CCN1c1cccc(CN)c1. The van der Waals surface area contributed by atoms with E-state index in [9.17, 15) is 4.57 Å². The highest BCUT2D eigenvalue weighted by atomic mass is 32.9. The van der Waals surface area contributed by atoms with Crippen LogP contribution in [0.2, 0.25) is 0 Å². The van der Waals surface area contributed by atoms with Gasteiger partial charge in [-0.3, -0.25) is 13.4 Å². The minimum absolute atomic E-state index is 0.249. The zero-order chi connectivity index (χ0) is 18.6. The van der Waals surface area contributed by atoms with Crippen molar-refractivity contribution in [1.29, 1.82) is 0 Å². The number of nitrogens with zero attached hydrogens (tertiary/aromatic N) is 1. The van der Waals surface area contributed by atoms with Gasteiger partial charge in [-0.2, -0.15) is 3.97 Å². The second-order valence-electron chi connectivity index (χ2n) is 5.44. The lowest BCUT2D eigenvalue weighted by molar-refractivity contribution is 0.220. The molecule has 142 valence electrons. The largest absolute Gasteiger partial charge is 0.486 e. The van der Waals surface area contributed by atoms with Crippen molar-refractivity contribution in [3.63, 3.8) is 0 Å². The van der Waals surface area contributed by atoms with E-state index in [4.69, 9.17) is 18.8 Å². The van der Waals surface area contributed by atoms with Gasteiger partial charge in [0.25, 0.3) is 0 Å². The summed E-state index contributed by atoms with van der Waals surface area (Å²) in [4.78, 5) is 1.17. The van der Waals surface area contributed by atoms with Crippen LogP contribution in [0.4, 0.5) is 5.69 Å². The Morgan fingerprint density at radius 3 is 2.50 bits per heavy atom. The van der Waals surface area contributed by atoms with Crippen LogP contribution >= 0.6 is 7.82 Å². The molecule has 2 aromatic carbocycles. The van der Waals surface area contributed by atoms with Crippen LogP contribution in [0.3, 0.4) is 0 Å². The molecule has 0 bridgehead atoms. The number of benzene rings is 2. The summed E-state index contributed by atoms with van der Waals surface area (Å²) in [5, 5.41) is 0. The Labute approximate surface area is 158 Å². The molecular weight excluding hydrogens is 391 g/mol. The first-order valence-electron chi connectivity index (χ1n) is 8.09. The molecule has 1 aliphatic rings. The van der Waals surface area contributed by atoms with Gasteiger partial charge in [-0.25, -0.2) is 4.57 Å². The van der Waals surface area contributed by atoms with Gasteiger partial charge in [0.15, 0.2) is 0 Å². The zero-order valence-electron chi connectivity index (χ0n) is 14.7. The van der Waals surface area contributed by atoms with Gasteiger partial charge in [0, 0.05) is 43.6 Å². The van der Waals surface area contributed by atoms with Gasteiger partial charge in [-0.15, -0.1) is 0 Å². The predicted molar refractivity (Wildman–Crippen MR) is 109 cm³/mol. The highest BCUT2D eigenvalue weighted by Gasteiger charge is 2.33. The number of rotatable bonds is 7. The molecule has 2 unspecified atom stereocenters. The van der Waals surface area contributed by atoms with Gasteiger partial charge in [0.05, 0.1) is 9.92 Å². The molecule has 2 N–H and O–H groups in total. The van der Waals surface area contributed by atoms with Crippen molar-refractivity contribution in [1.82, 2.24) is 0 Å². The second kappa shape index (κ2) is 8.80. The van der Waals surface area contributed by atoms with Crippen LogP contribution in [0, 0.1) is 0 Å². The smallest absolute Gasteiger partial charge is 0.326 e. The Morgan fingerprint density at radius 2 is 1.85 bits per heavy atom. The van der Waals surface area contributed by atoms with E-state index in [1.54, 1.807) is 0 Å². The summed E-state index contributed by atoms with van der Waals surface area (Å²) >= 11 is 0. The van der Waals surface area contributed by atoms with Crippen LogP contribution in [0.25, 0.3) is 0 Å². The molecule has 0 saturated carbocycles. The first-order chi connectivity index (χ1) is 12.6. The average Bonchev–Trinajstić information content (AvgIpc) is 3.11. The fourth-order valence-corrected chi connectivity index (χ4v) is 10.6. The molecule has 0 saturated heterocycles. The maximum absolute atomic E-state index is 12.7. The minimum Gasteiger partial charge on any atom is -0.326 e. The number of hydrogen-bond donors (Lipinski definition) is 1. The molecule has 26 heavy (non-hydrogen) atoms. The third kappa shape index (κ3) is 4.28. The fraction of sp³-hybridized carbons (Fsp3) is 0.294. The van der Waals surface area contributed by atoms with Crippen LogP contribution < -0.4 is 10.0 Å². The summed E-state index contributed by atoms with van der Waals surface area (Å²) in [5.41, 5.74) is 7.83. The van der Waals surface area contributed by atoms with Crippen molar-refractivity contribution in [2.24, 2.45) is 5.73 Å². The van der Waals surface area contributed by atoms with Crippen molar-refractivity contribution in [3.05, 3.63) is 60.2 Å². The van der Waals surface area contributed by atoms with E-state index in [1.807, 2.05) is 42.5 Å². The average molecular weight is 414 g/mol. The first kappa shape index (κ1) is 19.8. The van der Waals surface area contributed by atoms with E-state index in [2.05, 4.69) is 16.4 Å². The van der Waals surface area contributed by atoms with E-state index in [0.29, 0.717) is 6.54 Å². The maximum atomic E-state index is 12.7. The highest BCUT2D eigenvalue weighted by Crippen LogP contribution is 2.50. The van der Waals surface area contributed by atoms with Gasteiger partial charge in [-0.05, 0) is 29.8 Å². The lowest BCUT2D eigenvalue weighted by atomic mass is 10.2. The molecule has 1 aliphatic heterocycles. The van der Waals surface area contributed by atoms with Crippen LogP contribution in [0.5, 0.6) is 0 Å². The molecule has 1 heterocycles. The quantitative estimate of drug-likeness (QED) is 0.700. The van der Waals surface area contributed by atoms with Crippen LogP contribution in [0.1, 0.15) is 5.56 Å². The summed E-state index contributed by atoms with van der Waals surface area (Å²) in [7, 11) is -1.96. The van der Waals surface area contributed by atoms with Crippen LogP contribution in [-0.4, -0.2) is 26.5 Å². The molecule has 3 rings (SSSR count). The van der Waals surface area contributed by atoms with Crippen molar-refractivity contribution in [2.45, 2.75) is 11.4 Å². The zero-order valence-corrected chi connectivity index (χ0v) is 17.3. The molecule has 9 heteroatoms. The van der Waals surface area contributed by atoms with Gasteiger partial charge in [0.1, 0.15) is 0 Å². The number of nitrogens with two attached hydrogens (primary N) is 1. The molecule has 6 nitrogen and oxygen atoms in total. The number of phosphoric acid groups is 1. The van der Waals surface area contributed by atoms with Crippen molar-refractivity contribution in [3.8, 4) is 0 Å². The molecule has 0 aliphatic carbocycles. The number of hydrogen-bond acceptors (Lipinski definition) is 6. The third-order valence-corrected chi connectivity index (χ3v) is 11.7. The van der Waals surface area contributed by atoms with Gasteiger partial charge in [0.2, 0.25) is 0 Å². The summed E-state index contributed by atoms with van der Waals surface area (Å²) < 4.78 is 30.8. The number of phosphoric ester groups is 1. The predicted octanol–water partition coefficient (Wildman–Crippen LogP) is 3.42. The Balaban J connectivity index is 2.07. The van der Waals surface area contributed by atoms with Gasteiger partial charge in [-0.1, -0.05) is 39.8 Å². The molecule has 0 spiro atoms. The number of anilines is 1. The summed E-state index contributed by atoms with van der Waals surface area (Å²) in [5.74, 6) is 0.910. The fourth-order valence-electron chi connectivity index (χ4n) is 2.54. The normalized spacial score (nSPS) is 20.5. The molecule has 0 radical (unpaired) electrons. The lowest BCUT2D eigenvalue weighted by Crippen LogP contribution is -2.24. The lowest BCUT2D eigenvalue weighted by Gasteiger charge is -2.25. The maximum Gasteiger partial charge on any atom is 0.486 e. The minimum atomic E-state index is -3.61. The topological polar surface area (TPSA) is 74.0 Å². The highest BCUT2D eigenvalue weighted by molar-refractivity contribution is 8.44. The molecule has 2 aromatic rings. The molecular formula is C17H23N2O4PS2. The second-order valence-corrected chi connectivity index (χ2v) is 12.2. The Hall–Kier alpha value is -0.990. The van der Waals surface area contributed by atoms with Crippen molar-refractivity contribution in [2.75, 3.05) is 30.8 Å².